The van der Waals surface area contributed by atoms with Crippen molar-refractivity contribution in [3.05, 3.63) is 40.4 Å². The molecule has 0 bridgehead atoms. The first-order valence-corrected chi connectivity index (χ1v) is 8.35. The number of nitrogens with zero attached hydrogens (tertiary/aromatic N) is 2. The molecular weight excluding hydrogens is 401 g/mol. The smallest absolute Gasteiger partial charge is 0.259 e. The summed E-state index contributed by atoms with van der Waals surface area (Å²) in [4.78, 5) is 21.6. The zero-order chi connectivity index (χ0) is 19.3. The van der Waals surface area contributed by atoms with Crippen LogP contribution in [0.3, 0.4) is 0 Å². The number of hydrogen-bond donors (Lipinski definition) is 1. The number of amides is 1. The highest BCUT2D eigenvalue weighted by atomic mass is 35.5. The molecule has 0 aliphatic carbocycles. The summed E-state index contributed by atoms with van der Waals surface area (Å²) in [5, 5.41) is 4.28. The standard InChI is InChI=1S/C16H15Cl2N3O4S/c1-9(22)21(25-13-5-4-10(17)6-12(13)18)16(26)20-14-7-11(23-2)8-15(19-14)24-3/h4-8H,1-3H3,(H,19,20,26). The molecule has 0 fully saturated rings. The van der Waals surface area contributed by atoms with Crippen LogP contribution in [-0.4, -0.2) is 35.3 Å². The van der Waals surface area contributed by atoms with Crippen molar-refractivity contribution in [3.8, 4) is 17.4 Å². The molecule has 1 aromatic carbocycles. The minimum Gasteiger partial charge on any atom is -0.496 e. The first-order chi connectivity index (χ1) is 12.3. The van der Waals surface area contributed by atoms with Gasteiger partial charge in [0, 0.05) is 24.1 Å². The van der Waals surface area contributed by atoms with Crippen LogP contribution in [0.25, 0.3) is 0 Å². The molecule has 2 aromatic rings. The van der Waals surface area contributed by atoms with Gasteiger partial charge in [0.15, 0.2) is 5.75 Å². The number of anilines is 1. The predicted molar refractivity (Wildman–Crippen MR) is 103 cm³/mol. The molecule has 2 rings (SSSR count). The second-order valence-electron chi connectivity index (χ2n) is 4.84. The van der Waals surface area contributed by atoms with Crippen LogP contribution in [0, 0.1) is 0 Å². The summed E-state index contributed by atoms with van der Waals surface area (Å²) in [6.07, 6.45) is 0. The zero-order valence-electron chi connectivity index (χ0n) is 14.1. The number of hydrogen-bond acceptors (Lipinski definition) is 6. The summed E-state index contributed by atoms with van der Waals surface area (Å²) < 4.78 is 10.3. The van der Waals surface area contributed by atoms with Crippen molar-refractivity contribution in [1.82, 2.24) is 10.0 Å². The van der Waals surface area contributed by atoms with E-state index in [0.717, 1.165) is 5.06 Å². The number of thiocarbonyl (C=S) groups is 1. The van der Waals surface area contributed by atoms with E-state index in [1.54, 1.807) is 18.2 Å². The molecule has 10 heteroatoms. The lowest BCUT2D eigenvalue weighted by atomic mass is 10.3. The topological polar surface area (TPSA) is 72.9 Å². The Kier molecular flexibility index (Phi) is 6.84. The number of rotatable bonds is 5. The number of carbonyl (C=O) groups is 1. The number of carbonyl (C=O) groups excluding carboxylic acids is 1. The second-order valence-corrected chi connectivity index (χ2v) is 6.07. The van der Waals surface area contributed by atoms with Gasteiger partial charge in [-0.25, -0.2) is 0 Å². The maximum absolute atomic E-state index is 11.9. The fourth-order valence-electron chi connectivity index (χ4n) is 1.82. The van der Waals surface area contributed by atoms with Gasteiger partial charge in [-0.15, -0.1) is 5.06 Å². The van der Waals surface area contributed by atoms with E-state index < -0.39 is 5.91 Å². The Morgan fingerprint density at radius 1 is 1.19 bits per heavy atom. The summed E-state index contributed by atoms with van der Waals surface area (Å²) >= 11 is 17.2. The van der Waals surface area contributed by atoms with E-state index in [-0.39, 0.29) is 15.9 Å². The molecule has 0 unspecified atom stereocenters. The van der Waals surface area contributed by atoms with Gasteiger partial charge in [-0.1, -0.05) is 23.2 Å². The lowest BCUT2D eigenvalue weighted by Gasteiger charge is -2.22. The average molecular weight is 416 g/mol. The van der Waals surface area contributed by atoms with Gasteiger partial charge in [0.2, 0.25) is 11.0 Å². The molecular formula is C16H15Cl2N3O4S. The number of nitrogens with one attached hydrogen (secondary N) is 1. The molecule has 7 nitrogen and oxygen atoms in total. The minimum absolute atomic E-state index is 0.0497. The van der Waals surface area contributed by atoms with Crippen molar-refractivity contribution >= 4 is 52.3 Å². The quantitative estimate of drug-likeness (QED) is 0.585. The maximum Gasteiger partial charge on any atom is 0.259 e. The van der Waals surface area contributed by atoms with Crippen LogP contribution >= 0.6 is 35.4 Å². The van der Waals surface area contributed by atoms with Gasteiger partial charge in [-0.05, 0) is 30.4 Å². The van der Waals surface area contributed by atoms with Crippen LogP contribution in [-0.2, 0) is 4.79 Å². The Hall–Kier alpha value is -2.29. The third-order valence-electron chi connectivity index (χ3n) is 3.01. The molecule has 138 valence electrons. The SMILES string of the molecule is COc1cc(NC(=S)N(Oc2ccc(Cl)cc2Cl)C(C)=O)nc(OC)c1. The first kappa shape index (κ1) is 20.0. The van der Waals surface area contributed by atoms with Crippen LogP contribution in [0.5, 0.6) is 17.4 Å². The number of ether oxygens (including phenoxy) is 2. The highest BCUT2D eigenvalue weighted by Crippen LogP contribution is 2.28. The summed E-state index contributed by atoms with van der Waals surface area (Å²) in [7, 11) is 2.97. The molecule has 0 saturated carbocycles. The third-order valence-corrected chi connectivity index (χ3v) is 3.81. The molecule has 1 N–H and O–H groups in total. The number of benzene rings is 1. The summed E-state index contributed by atoms with van der Waals surface area (Å²) in [6, 6.07) is 7.77. The fourth-order valence-corrected chi connectivity index (χ4v) is 2.54. The van der Waals surface area contributed by atoms with E-state index in [1.807, 2.05) is 0 Å². The largest absolute Gasteiger partial charge is 0.496 e. The lowest BCUT2D eigenvalue weighted by Crippen LogP contribution is -2.41. The van der Waals surface area contributed by atoms with E-state index in [1.165, 1.54) is 33.3 Å². The van der Waals surface area contributed by atoms with E-state index in [4.69, 9.17) is 49.7 Å². The molecule has 26 heavy (non-hydrogen) atoms. The van der Waals surface area contributed by atoms with E-state index in [2.05, 4.69) is 10.3 Å². The number of hydroxylamine groups is 2. The Labute approximate surface area is 165 Å². The number of methoxy groups -OCH3 is 2. The van der Waals surface area contributed by atoms with Crippen LogP contribution in [0.1, 0.15) is 6.92 Å². The molecule has 1 heterocycles. The Bertz CT molecular complexity index is 813. The van der Waals surface area contributed by atoms with Crippen molar-refractivity contribution in [2.24, 2.45) is 0 Å². The molecule has 0 spiro atoms. The molecule has 1 amide bonds. The van der Waals surface area contributed by atoms with Gasteiger partial charge < -0.3 is 19.6 Å². The van der Waals surface area contributed by atoms with Crippen LogP contribution in [0.4, 0.5) is 5.82 Å². The summed E-state index contributed by atoms with van der Waals surface area (Å²) in [6.45, 7) is 1.29. The fraction of sp³-hybridized carbons (Fsp3) is 0.188. The van der Waals surface area contributed by atoms with Gasteiger partial charge >= 0.3 is 0 Å². The van der Waals surface area contributed by atoms with Gasteiger partial charge in [0.05, 0.1) is 19.2 Å². The summed E-state index contributed by atoms with van der Waals surface area (Å²) in [5.41, 5.74) is 0. The van der Waals surface area contributed by atoms with Crippen LogP contribution in [0.15, 0.2) is 30.3 Å². The lowest BCUT2D eigenvalue weighted by molar-refractivity contribution is -0.141. The minimum atomic E-state index is -0.469. The van der Waals surface area contributed by atoms with E-state index in [0.29, 0.717) is 22.5 Å². The predicted octanol–water partition coefficient (Wildman–Crippen LogP) is 3.94. The number of pyridine rings is 1. The van der Waals surface area contributed by atoms with E-state index in [9.17, 15) is 4.79 Å². The molecule has 0 radical (unpaired) electrons. The van der Waals surface area contributed by atoms with Crippen molar-refractivity contribution < 1.29 is 19.1 Å². The van der Waals surface area contributed by atoms with Crippen molar-refractivity contribution in [2.75, 3.05) is 19.5 Å². The first-order valence-electron chi connectivity index (χ1n) is 7.18. The Morgan fingerprint density at radius 3 is 2.50 bits per heavy atom. The van der Waals surface area contributed by atoms with Crippen LogP contribution in [0.2, 0.25) is 10.0 Å². The molecule has 0 atom stereocenters. The highest BCUT2D eigenvalue weighted by molar-refractivity contribution is 7.80. The van der Waals surface area contributed by atoms with Gasteiger partial charge in [0.1, 0.15) is 11.6 Å². The number of halogens is 2. The molecule has 0 saturated heterocycles. The van der Waals surface area contributed by atoms with Gasteiger partial charge in [-0.2, -0.15) is 4.98 Å². The second kappa shape index (κ2) is 8.88. The molecule has 1 aromatic heterocycles. The van der Waals surface area contributed by atoms with Crippen molar-refractivity contribution in [2.45, 2.75) is 6.92 Å². The molecule has 0 aliphatic heterocycles. The normalized spacial score (nSPS) is 10.0. The number of aromatic nitrogens is 1. The van der Waals surface area contributed by atoms with Crippen LogP contribution < -0.4 is 19.6 Å². The Morgan fingerprint density at radius 2 is 1.92 bits per heavy atom. The van der Waals surface area contributed by atoms with Gasteiger partial charge in [-0.3, -0.25) is 4.79 Å². The van der Waals surface area contributed by atoms with Crippen molar-refractivity contribution in [3.63, 3.8) is 0 Å². The Balaban J connectivity index is 2.22. The highest BCUT2D eigenvalue weighted by Gasteiger charge is 2.20. The van der Waals surface area contributed by atoms with Crippen molar-refractivity contribution in [1.29, 1.82) is 0 Å². The van der Waals surface area contributed by atoms with E-state index >= 15 is 0 Å². The maximum atomic E-state index is 11.9. The molecule has 0 aliphatic rings. The summed E-state index contributed by atoms with van der Waals surface area (Å²) in [5.74, 6) is 0.863. The van der Waals surface area contributed by atoms with Gasteiger partial charge in [0.25, 0.3) is 5.91 Å². The zero-order valence-corrected chi connectivity index (χ0v) is 16.4. The average Bonchev–Trinajstić information content (AvgIpc) is 2.60. The third kappa shape index (κ3) is 5.10. The monoisotopic (exact) mass is 415 g/mol.